The molecule has 1 fully saturated rings. The first-order chi connectivity index (χ1) is 9.25. The number of fused-ring (bicyclic) bond motifs is 1. The minimum absolute atomic E-state index is 0.0969. The van der Waals surface area contributed by atoms with Crippen molar-refractivity contribution in [1.82, 2.24) is 5.32 Å². The molecule has 0 atom stereocenters. The number of benzene rings is 1. The molecule has 1 aromatic heterocycles. The van der Waals surface area contributed by atoms with Gasteiger partial charge in [0.05, 0.1) is 11.1 Å². The van der Waals surface area contributed by atoms with Crippen LogP contribution >= 0.6 is 0 Å². The van der Waals surface area contributed by atoms with Crippen molar-refractivity contribution in [2.24, 2.45) is 5.41 Å². The summed E-state index contributed by atoms with van der Waals surface area (Å²) in [7, 11) is 1.89. The van der Waals surface area contributed by atoms with E-state index in [1.807, 2.05) is 31.3 Å². The molecule has 1 aliphatic rings. The topological polar surface area (TPSA) is 54.3 Å². The fraction of sp³-hybridized carbons (Fsp3) is 0.400. The van der Waals surface area contributed by atoms with E-state index in [0.29, 0.717) is 0 Å². The number of anilines is 1. The Morgan fingerprint density at radius 1 is 1.37 bits per heavy atom. The van der Waals surface area contributed by atoms with Crippen LogP contribution in [-0.2, 0) is 4.79 Å². The van der Waals surface area contributed by atoms with Crippen molar-refractivity contribution >= 4 is 22.6 Å². The first kappa shape index (κ1) is 12.2. The Labute approximate surface area is 112 Å². The number of hydrogen-bond donors (Lipinski definition) is 2. The molecule has 0 bridgehead atoms. The van der Waals surface area contributed by atoms with Crippen molar-refractivity contribution in [3.8, 4) is 0 Å². The third-order valence-electron chi connectivity index (χ3n) is 4.04. The lowest BCUT2D eigenvalue weighted by Crippen LogP contribution is -2.48. The van der Waals surface area contributed by atoms with Crippen molar-refractivity contribution in [2.75, 3.05) is 18.9 Å². The van der Waals surface area contributed by atoms with Gasteiger partial charge in [0, 0.05) is 11.9 Å². The largest absolute Gasteiger partial charge is 0.462 e. The van der Waals surface area contributed by atoms with E-state index in [-0.39, 0.29) is 11.3 Å². The van der Waals surface area contributed by atoms with Crippen molar-refractivity contribution < 1.29 is 9.21 Å². The molecule has 100 valence electrons. The fourth-order valence-electron chi connectivity index (χ4n) is 2.76. The van der Waals surface area contributed by atoms with Crippen LogP contribution in [-0.4, -0.2) is 19.5 Å². The predicted octanol–water partition coefficient (Wildman–Crippen LogP) is 2.76. The Bertz CT molecular complexity index is 599. The van der Waals surface area contributed by atoms with E-state index in [0.717, 1.165) is 42.5 Å². The molecule has 0 spiro atoms. The normalized spacial score (nSPS) is 17.1. The predicted molar refractivity (Wildman–Crippen MR) is 75.1 cm³/mol. The smallest absolute Gasteiger partial charge is 0.231 e. The van der Waals surface area contributed by atoms with Crippen LogP contribution in [0.15, 0.2) is 34.9 Å². The Morgan fingerprint density at radius 3 is 2.84 bits per heavy atom. The summed E-state index contributed by atoms with van der Waals surface area (Å²) in [6.45, 7) is 0.731. The van der Waals surface area contributed by atoms with Gasteiger partial charge in [-0.05, 0) is 32.0 Å². The fourth-order valence-corrected chi connectivity index (χ4v) is 2.76. The highest BCUT2D eigenvalue weighted by Crippen LogP contribution is 2.41. The van der Waals surface area contributed by atoms with Crippen LogP contribution in [0.3, 0.4) is 0 Å². The zero-order valence-corrected chi connectivity index (χ0v) is 11.0. The highest BCUT2D eigenvalue weighted by molar-refractivity contribution is 6.03. The van der Waals surface area contributed by atoms with Crippen LogP contribution in [0.25, 0.3) is 11.0 Å². The molecule has 4 nitrogen and oxygen atoms in total. The van der Waals surface area contributed by atoms with Gasteiger partial charge in [-0.15, -0.1) is 0 Å². The Morgan fingerprint density at radius 2 is 2.16 bits per heavy atom. The molecule has 4 heteroatoms. The highest BCUT2D eigenvalue weighted by Gasteiger charge is 2.43. The number of nitrogens with one attached hydrogen (secondary N) is 2. The Kier molecular flexibility index (Phi) is 3.03. The SMILES string of the molecule is CNCC1(C(=O)Nc2coc3ccccc23)CCC1. The van der Waals surface area contributed by atoms with Gasteiger partial charge in [0.2, 0.25) is 5.91 Å². The van der Waals surface area contributed by atoms with Crippen LogP contribution in [0.5, 0.6) is 0 Å². The van der Waals surface area contributed by atoms with Gasteiger partial charge < -0.3 is 15.1 Å². The lowest BCUT2D eigenvalue weighted by molar-refractivity contribution is -0.129. The summed E-state index contributed by atoms with van der Waals surface area (Å²) >= 11 is 0. The van der Waals surface area contributed by atoms with E-state index in [1.54, 1.807) is 6.26 Å². The number of hydrogen-bond acceptors (Lipinski definition) is 3. The third kappa shape index (κ3) is 2.02. The van der Waals surface area contributed by atoms with Crippen molar-refractivity contribution in [3.63, 3.8) is 0 Å². The molecule has 2 N–H and O–H groups in total. The molecule has 1 heterocycles. The lowest BCUT2D eigenvalue weighted by atomic mass is 9.68. The second kappa shape index (κ2) is 4.70. The molecule has 1 aromatic carbocycles. The maximum absolute atomic E-state index is 12.5. The molecule has 2 aromatic rings. The second-order valence-corrected chi connectivity index (χ2v) is 5.26. The van der Waals surface area contributed by atoms with Crippen molar-refractivity contribution in [2.45, 2.75) is 19.3 Å². The number of carbonyl (C=O) groups excluding carboxylic acids is 1. The number of furan rings is 1. The van der Waals surface area contributed by atoms with Gasteiger partial charge in [-0.25, -0.2) is 0 Å². The molecular formula is C15H18N2O2. The molecule has 0 aliphatic heterocycles. The van der Waals surface area contributed by atoms with Crippen LogP contribution < -0.4 is 10.6 Å². The van der Waals surface area contributed by atoms with Gasteiger partial charge in [-0.3, -0.25) is 4.79 Å². The van der Waals surface area contributed by atoms with Crippen molar-refractivity contribution in [1.29, 1.82) is 0 Å². The lowest BCUT2D eigenvalue weighted by Gasteiger charge is -2.39. The van der Waals surface area contributed by atoms with Gasteiger partial charge in [0.1, 0.15) is 11.8 Å². The molecule has 1 saturated carbocycles. The van der Waals surface area contributed by atoms with Crippen LogP contribution in [0, 0.1) is 5.41 Å². The molecule has 3 rings (SSSR count). The van der Waals surface area contributed by atoms with Gasteiger partial charge in [0.15, 0.2) is 0 Å². The maximum atomic E-state index is 12.5. The van der Waals surface area contributed by atoms with E-state index >= 15 is 0 Å². The molecule has 0 unspecified atom stereocenters. The summed E-state index contributed by atoms with van der Waals surface area (Å²) in [6.07, 6.45) is 4.65. The van der Waals surface area contributed by atoms with E-state index in [2.05, 4.69) is 10.6 Å². The second-order valence-electron chi connectivity index (χ2n) is 5.26. The number of para-hydroxylation sites is 1. The summed E-state index contributed by atoms with van der Waals surface area (Å²) in [5.41, 5.74) is 1.32. The van der Waals surface area contributed by atoms with Crippen LogP contribution in [0.1, 0.15) is 19.3 Å². The van der Waals surface area contributed by atoms with E-state index in [4.69, 9.17) is 4.42 Å². The Hall–Kier alpha value is -1.81. The first-order valence-corrected chi connectivity index (χ1v) is 6.67. The maximum Gasteiger partial charge on any atom is 0.231 e. The van der Waals surface area contributed by atoms with Gasteiger partial charge in [-0.1, -0.05) is 18.6 Å². The summed E-state index contributed by atoms with van der Waals surface area (Å²) in [5.74, 6) is 0.0969. The molecule has 1 amide bonds. The third-order valence-corrected chi connectivity index (χ3v) is 4.04. The zero-order valence-electron chi connectivity index (χ0n) is 11.0. The van der Waals surface area contributed by atoms with Crippen LogP contribution in [0.2, 0.25) is 0 Å². The average Bonchev–Trinajstić information content (AvgIpc) is 2.77. The number of amides is 1. The van der Waals surface area contributed by atoms with Crippen molar-refractivity contribution in [3.05, 3.63) is 30.5 Å². The molecule has 1 aliphatic carbocycles. The quantitative estimate of drug-likeness (QED) is 0.886. The molecule has 0 radical (unpaired) electrons. The van der Waals surface area contributed by atoms with E-state index in [1.165, 1.54) is 0 Å². The number of rotatable bonds is 4. The van der Waals surface area contributed by atoms with E-state index in [9.17, 15) is 4.79 Å². The Balaban J connectivity index is 1.83. The van der Waals surface area contributed by atoms with Crippen LogP contribution in [0.4, 0.5) is 5.69 Å². The molecule has 19 heavy (non-hydrogen) atoms. The average molecular weight is 258 g/mol. The van der Waals surface area contributed by atoms with Gasteiger partial charge in [-0.2, -0.15) is 0 Å². The van der Waals surface area contributed by atoms with Gasteiger partial charge in [0.25, 0.3) is 0 Å². The van der Waals surface area contributed by atoms with E-state index < -0.39 is 0 Å². The van der Waals surface area contributed by atoms with Gasteiger partial charge >= 0.3 is 0 Å². The highest BCUT2D eigenvalue weighted by atomic mass is 16.3. The molecular weight excluding hydrogens is 240 g/mol. The summed E-state index contributed by atoms with van der Waals surface area (Å²) < 4.78 is 5.44. The summed E-state index contributed by atoms with van der Waals surface area (Å²) in [4.78, 5) is 12.5. The monoisotopic (exact) mass is 258 g/mol. The summed E-state index contributed by atoms with van der Waals surface area (Å²) in [5, 5.41) is 7.10. The first-order valence-electron chi connectivity index (χ1n) is 6.67. The number of carbonyl (C=O) groups is 1. The summed E-state index contributed by atoms with van der Waals surface area (Å²) in [6, 6.07) is 7.73. The molecule has 0 saturated heterocycles. The minimum atomic E-state index is -0.243. The minimum Gasteiger partial charge on any atom is -0.462 e. The zero-order chi connectivity index (χ0) is 13.3. The standard InChI is InChI=1S/C15H18N2O2/c1-16-10-15(7-4-8-15)14(18)17-12-9-19-13-6-3-2-5-11(12)13/h2-3,5-6,9,16H,4,7-8,10H2,1H3,(H,17,18).